The van der Waals surface area contributed by atoms with E-state index in [9.17, 15) is 18.5 Å². The van der Waals surface area contributed by atoms with Crippen LogP contribution >= 0.6 is 0 Å². The highest BCUT2D eigenvalue weighted by Crippen LogP contribution is 2.31. The maximum atomic E-state index is 13.7. The number of nitro groups is 1. The molecule has 0 aliphatic carbocycles. The van der Waals surface area contributed by atoms with E-state index in [-0.39, 0.29) is 18.0 Å². The van der Waals surface area contributed by atoms with Gasteiger partial charge in [0, 0.05) is 31.4 Å². The number of hydrogen-bond donors (Lipinski definition) is 1. The molecule has 0 fully saturated rings. The molecule has 0 bridgehead atoms. The van der Waals surface area contributed by atoms with E-state index in [2.05, 4.69) is 5.32 Å². The molecular formula is C23H25N3O4S. The molecule has 0 aromatic heterocycles. The Morgan fingerprint density at radius 1 is 0.903 bits per heavy atom. The van der Waals surface area contributed by atoms with E-state index in [1.807, 2.05) is 67.6 Å². The molecule has 8 heteroatoms. The van der Waals surface area contributed by atoms with Crippen molar-refractivity contribution in [3.8, 4) is 0 Å². The lowest BCUT2D eigenvalue weighted by Crippen LogP contribution is -2.31. The fourth-order valence-corrected chi connectivity index (χ4v) is 4.79. The fourth-order valence-electron chi connectivity index (χ4n) is 3.19. The molecule has 31 heavy (non-hydrogen) atoms. The van der Waals surface area contributed by atoms with E-state index in [0.29, 0.717) is 12.2 Å². The predicted molar refractivity (Wildman–Crippen MR) is 121 cm³/mol. The van der Waals surface area contributed by atoms with Gasteiger partial charge >= 0.3 is 0 Å². The third-order valence-electron chi connectivity index (χ3n) is 4.76. The first kappa shape index (κ1) is 22.5. The topological polar surface area (TPSA) is 92.5 Å². The summed E-state index contributed by atoms with van der Waals surface area (Å²) in [7, 11) is -4.17. The number of anilines is 1. The summed E-state index contributed by atoms with van der Waals surface area (Å²) in [5, 5.41) is 14.7. The molecule has 0 amide bonds. The Hall–Kier alpha value is -3.23. The van der Waals surface area contributed by atoms with Crippen molar-refractivity contribution < 1.29 is 13.3 Å². The molecule has 0 saturated carbocycles. The van der Waals surface area contributed by atoms with Gasteiger partial charge in [0.15, 0.2) is 4.90 Å². The van der Waals surface area contributed by atoms with Crippen LogP contribution in [0.15, 0.2) is 83.8 Å². The molecule has 7 nitrogen and oxygen atoms in total. The molecule has 0 heterocycles. The molecule has 3 rings (SSSR count). The molecule has 3 aromatic carbocycles. The van der Waals surface area contributed by atoms with E-state index in [4.69, 9.17) is 0 Å². The van der Waals surface area contributed by atoms with Crippen molar-refractivity contribution in [2.45, 2.75) is 31.3 Å². The molecule has 0 atom stereocenters. The second-order valence-electron chi connectivity index (χ2n) is 7.11. The van der Waals surface area contributed by atoms with Crippen molar-refractivity contribution in [1.29, 1.82) is 0 Å². The summed E-state index contributed by atoms with van der Waals surface area (Å²) >= 11 is 0. The van der Waals surface area contributed by atoms with Gasteiger partial charge in [0.1, 0.15) is 0 Å². The average Bonchev–Trinajstić information content (AvgIpc) is 2.78. The Morgan fingerprint density at radius 2 is 1.45 bits per heavy atom. The summed E-state index contributed by atoms with van der Waals surface area (Å²) < 4.78 is 28.7. The quantitative estimate of drug-likeness (QED) is 0.362. The van der Waals surface area contributed by atoms with Crippen LogP contribution in [0.1, 0.15) is 24.5 Å². The number of rotatable bonds is 10. The van der Waals surface area contributed by atoms with Crippen molar-refractivity contribution in [3.63, 3.8) is 0 Å². The van der Waals surface area contributed by atoms with E-state index < -0.39 is 20.6 Å². The molecule has 0 aliphatic rings. The summed E-state index contributed by atoms with van der Waals surface area (Å²) in [5.74, 6) is 0. The highest BCUT2D eigenvalue weighted by Gasteiger charge is 2.32. The molecule has 162 valence electrons. The van der Waals surface area contributed by atoms with Crippen molar-refractivity contribution in [3.05, 3.63) is 100 Å². The third kappa shape index (κ3) is 5.68. The summed E-state index contributed by atoms with van der Waals surface area (Å²) in [4.78, 5) is 10.7. The van der Waals surface area contributed by atoms with Crippen molar-refractivity contribution in [1.82, 2.24) is 4.31 Å². The molecule has 1 N–H and O–H groups in total. The highest BCUT2D eigenvalue weighted by atomic mass is 32.2. The molecular weight excluding hydrogens is 414 g/mol. The standard InChI is InChI=1S/C23H25N3O4S/c1-2-15-24-21-13-14-22(26(27)28)23(16-21)31(29,30)25(17-19-9-5-3-6-10-19)18-20-11-7-4-8-12-20/h3-14,16,24H,2,15,17-18H2,1H3. The Morgan fingerprint density at radius 3 is 1.94 bits per heavy atom. The number of nitro benzene ring substituents is 1. The van der Waals surface area contributed by atoms with Crippen LogP contribution in [0.5, 0.6) is 0 Å². The van der Waals surface area contributed by atoms with Crippen LogP contribution in [0.25, 0.3) is 0 Å². The van der Waals surface area contributed by atoms with Crippen LogP contribution in [-0.2, 0) is 23.1 Å². The van der Waals surface area contributed by atoms with Gasteiger partial charge in [-0.1, -0.05) is 67.6 Å². The molecule has 0 unspecified atom stereocenters. The number of nitrogens with one attached hydrogen (secondary N) is 1. The minimum absolute atomic E-state index is 0.0990. The van der Waals surface area contributed by atoms with Gasteiger partial charge in [-0.15, -0.1) is 0 Å². The summed E-state index contributed by atoms with van der Waals surface area (Å²) in [5.41, 5.74) is 1.69. The van der Waals surface area contributed by atoms with Gasteiger partial charge in [-0.3, -0.25) is 10.1 Å². The predicted octanol–water partition coefficient (Wildman–Crippen LogP) is 4.81. The molecule has 0 radical (unpaired) electrons. The van der Waals surface area contributed by atoms with Gasteiger partial charge in [0.2, 0.25) is 0 Å². The minimum Gasteiger partial charge on any atom is -0.385 e. The number of hydrogen-bond acceptors (Lipinski definition) is 5. The number of benzene rings is 3. The van der Waals surface area contributed by atoms with Crippen molar-refractivity contribution in [2.24, 2.45) is 0 Å². The van der Waals surface area contributed by atoms with Gasteiger partial charge < -0.3 is 5.32 Å². The normalized spacial score (nSPS) is 11.4. The zero-order valence-electron chi connectivity index (χ0n) is 17.3. The van der Waals surface area contributed by atoms with Gasteiger partial charge in [0.25, 0.3) is 15.7 Å². The summed E-state index contributed by atoms with van der Waals surface area (Å²) in [6, 6.07) is 22.5. The van der Waals surface area contributed by atoms with E-state index in [0.717, 1.165) is 17.5 Å². The van der Waals surface area contributed by atoms with Crippen LogP contribution in [-0.4, -0.2) is 24.2 Å². The molecule has 0 spiro atoms. The monoisotopic (exact) mass is 439 g/mol. The second kappa shape index (κ2) is 10.2. The molecule has 3 aromatic rings. The summed E-state index contributed by atoms with van der Waals surface area (Å²) in [6.07, 6.45) is 0.840. The lowest BCUT2D eigenvalue weighted by molar-refractivity contribution is -0.387. The first-order valence-corrected chi connectivity index (χ1v) is 11.5. The summed E-state index contributed by atoms with van der Waals surface area (Å²) in [6.45, 7) is 2.82. The Labute approximate surface area is 182 Å². The smallest absolute Gasteiger partial charge is 0.289 e. The zero-order valence-corrected chi connectivity index (χ0v) is 18.1. The maximum Gasteiger partial charge on any atom is 0.289 e. The fraction of sp³-hybridized carbons (Fsp3) is 0.217. The number of nitrogens with zero attached hydrogens (tertiary/aromatic N) is 2. The largest absolute Gasteiger partial charge is 0.385 e. The first-order chi connectivity index (χ1) is 14.9. The SMILES string of the molecule is CCCNc1ccc([N+](=O)[O-])c(S(=O)(=O)N(Cc2ccccc2)Cc2ccccc2)c1. The maximum absolute atomic E-state index is 13.7. The molecule has 0 aliphatic heterocycles. The van der Waals surface area contributed by atoms with Crippen LogP contribution < -0.4 is 5.32 Å². The van der Waals surface area contributed by atoms with Gasteiger partial charge in [0.05, 0.1) is 4.92 Å². The van der Waals surface area contributed by atoms with Crippen molar-refractivity contribution in [2.75, 3.05) is 11.9 Å². The van der Waals surface area contributed by atoms with Crippen LogP contribution in [0, 0.1) is 10.1 Å². The lowest BCUT2D eigenvalue weighted by atomic mass is 10.2. The van der Waals surface area contributed by atoms with Gasteiger partial charge in [-0.05, 0) is 29.7 Å². The minimum atomic E-state index is -4.17. The molecule has 0 saturated heterocycles. The second-order valence-corrected chi connectivity index (χ2v) is 9.02. The Balaban J connectivity index is 2.07. The lowest BCUT2D eigenvalue weighted by Gasteiger charge is -2.23. The average molecular weight is 440 g/mol. The van der Waals surface area contributed by atoms with E-state index in [1.165, 1.54) is 22.5 Å². The third-order valence-corrected chi connectivity index (χ3v) is 6.58. The Kier molecular flexibility index (Phi) is 7.38. The van der Waals surface area contributed by atoms with Gasteiger partial charge in [-0.25, -0.2) is 8.42 Å². The Bertz CT molecular complexity index is 1080. The van der Waals surface area contributed by atoms with E-state index >= 15 is 0 Å². The van der Waals surface area contributed by atoms with Crippen molar-refractivity contribution >= 4 is 21.4 Å². The zero-order chi connectivity index (χ0) is 22.3. The van der Waals surface area contributed by atoms with Crippen LogP contribution in [0.4, 0.5) is 11.4 Å². The van der Waals surface area contributed by atoms with Crippen LogP contribution in [0.2, 0.25) is 0 Å². The number of sulfonamides is 1. The van der Waals surface area contributed by atoms with Crippen LogP contribution in [0.3, 0.4) is 0 Å². The van der Waals surface area contributed by atoms with Gasteiger partial charge in [-0.2, -0.15) is 4.31 Å². The first-order valence-electron chi connectivity index (χ1n) is 10.0. The van der Waals surface area contributed by atoms with E-state index in [1.54, 1.807) is 0 Å². The highest BCUT2D eigenvalue weighted by molar-refractivity contribution is 7.89.